The zero-order valence-electron chi connectivity index (χ0n) is 7.91. The highest BCUT2D eigenvalue weighted by Gasteiger charge is 2.19. The first kappa shape index (κ1) is 9.01. The molecule has 1 heterocycles. The Morgan fingerprint density at radius 1 is 1.27 bits per heavy atom. The van der Waals surface area contributed by atoms with Crippen molar-refractivity contribution in [3.05, 3.63) is 0 Å². The molecule has 2 heteroatoms. The van der Waals surface area contributed by atoms with E-state index in [-0.39, 0.29) is 0 Å². The van der Waals surface area contributed by atoms with Gasteiger partial charge in [-0.05, 0) is 45.8 Å². The second-order valence-electron chi connectivity index (χ2n) is 4.32. The fourth-order valence-electron chi connectivity index (χ4n) is 1.36. The van der Waals surface area contributed by atoms with Crippen molar-refractivity contribution in [2.75, 3.05) is 19.6 Å². The highest BCUT2D eigenvalue weighted by molar-refractivity contribution is 4.81. The van der Waals surface area contributed by atoms with E-state index in [9.17, 15) is 0 Å². The molecule has 2 N–H and O–H groups in total. The lowest BCUT2D eigenvalue weighted by Crippen LogP contribution is -2.47. The van der Waals surface area contributed by atoms with Gasteiger partial charge in [-0.2, -0.15) is 0 Å². The SMILES string of the molecule is CC1CNCCC(C)(C)NC1. The predicted molar refractivity (Wildman–Crippen MR) is 48.7 cm³/mol. The Kier molecular flexibility index (Phi) is 2.90. The summed E-state index contributed by atoms with van der Waals surface area (Å²) < 4.78 is 0. The van der Waals surface area contributed by atoms with Gasteiger partial charge in [0.15, 0.2) is 0 Å². The van der Waals surface area contributed by atoms with Crippen LogP contribution < -0.4 is 10.6 Å². The number of rotatable bonds is 0. The van der Waals surface area contributed by atoms with Gasteiger partial charge < -0.3 is 10.6 Å². The average molecular weight is 156 g/mol. The van der Waals surface area contributed by atoms with Crippen LogP contribution in [0.5, 0.6) is 0 Å². The molecule has 66 valence electrons. The minimum atomic E-state index is 0.321. The molecule has 0 radical (unpaired) electrons. The zero-order valence-corrected chi connectivity index (χ0v) is 7.91. The topological polar surface area (TPSA) is 24.1 Å². The van der Waals surface area contributed by atoms with E-state index in [0.717, 1.165) is 25.6 Å². The molecule has 0 aromatic carbocycles. The van der Waals surface area contributed by atoms with Gasteiger partial charge in [0.25, 0.3) is 0 Å². The Morgan fingerprint density at radius 2 is 2.00 bits per heavy atom. The van der Waals surface area contributed by atoms with Crippen LogP contribution in [0.4, 0.5) is 0 Å². The van der Waals surface area contributed by atoms with Crippen molar-refractivity contribution >= 4 is 0 Å². The van der Waals surface area contributed by atoms with E-state index < -0.39 is 0 Å². The molecular weight excluding hydrogens is 136 g/mol. The second-order valence-corrected chi connectivity index (χ2v) is 4.32. The molecule has 0 amide bonds. The summed E-state index contributed by atoms with van der Waals surface area (Å²) >= 11 is 0. The normalized spacial score (nSPS) is 32.5. The largest absolute Gasteiger partial charge is 0.316 e. The highest BCUT2D eigenvalue weighted by atomic mass is 15.0. The lowest BCUT2D eigenvalue weighted by Gasteiger charge is -2.31. The Balaban J connectivity index is 2.38. The molecule has 0 aromatic heterocycles. The minimum Gasteiger partial charge on any atom is -0.316 e. The van der Waals surface area contributed by atoms with Crippen molar-refractivity contribution < 1.29 is 0 Å². The van der Waals surface area contributed by atoms with Crippen LogP contribution in [0, 0.1) is 5.92 Å². The van der Waals surface area contributed by atoms with Gasteiger partial charge >= 0.3 is 0 Å². The predicted octanol–water partition coefficient (Wildman–Crippen LogP) is 0.984. The Morgan fingerprint density at radius 3 is 2.73 bits per heavy atom. The quantitative estimate of drug-likeness (QED) is 0.546. The molecule has 0 aliphatic carbocycles. The average Bonchev–Trinajstić information content (AvgIpc) is 1.92. The molecule has 1 rings (SSSR count). The second kappa shape index (κ2) is 3.55. The number of nitrogens with one attached hydrogen (secondary N) is 2. The van der Waals surface area contributed by atoms with Crippen LogP contribution in [0.1, 0.15) is 27.2 Å². The van der Waals surface area contributed by atoms with Gasteiger partial charge in [-0.1, -0.05) is 6.92 Å². The molecule has 1 aliphatic heterocycles. The van der Waals surface area contributed by atoms with Crippen LogP contribution in [0.25, 0.3) is 0 Å². The summed E-state index contributed by atoms with van der Waals surface area (Å²) in [5, 5.41) is 7.02. The number of hydrogen-bond acceptors (Lipinski definition) is 2. The van der Waals surface area contributed by atoms with Gasteiger partial charge in [0.2, 0.25) is 0 Å². The third-order valence-electron chi connectivity index (χ3n) is 2.35. The van der Waals surface area contributed by atoms with Gasteiger partial charge in [-0.25, -0.2) is 0 Å². The van der Waals surface area contributed by atoms with Crippen molar-refractivity contribution in [1.29, 1.82) is 0 Å². The maximum Gasteiger partial charge on any atom is 0.0137 e. The van der Waals surface area contributed by atoms with Gasteiger partial charge in [0.05, 0.1) is 0 Å². The van der Waals surface area contributed by atoms with E-state index in [1.165, 1.54) is 6.42 Å². The molecule has 0 bridgehead atoms. The van der Waals surface area contributed by atoms with Crippen LogP contribution >= 0.6 is 0 Å². The molecular formula is C9H20N2. The monoisotopic (exact) mass is 156 g/mol. The molecule has 0 spiro atoms. The van der Waals surface area contributed by atoms with E-state index in [0.29, 0.717) is 5.54 Å². The summed E-state index contributed by atoms with van der Waals surface area (Å²) in [5.41, 5.74) is 0.321. The first-order valence-electron chi connectivity index (χ1n) is 4.56. The zero-order chi connectivity index (χ0) is 8.32. The molecule has 11 heavy (non-hydrogen) atoms. The van der Waals surface area contributed by atoms with Crippen molar-refractivity contribution in [2.24, 2.45) is 5.92 Å². The molecule has 1 aliphatic rings. The highest BCUT2D eigenvalue weighted by Crippen LogP contribution is 2.09. The van der Waals surface area contributed by atoms with Gasteiger partial charge in [-0.3, -0.25) is 0 Å². The van der Waals surface area contributed by atoms with Crippen molar-refractivity contribution in [3.63, 3.8) is 0 Å². The fourth-order valence-corrected chi connectivity index (χ4v) is 1.36. The molecule has 1 saturated heterocycles. The lowest BCUT2D eigenvalue weighted by molar-refractivity contribution is 0.299. The molecule has 1 fully saturated rings. The minimum absolute atomic E-state index is 0.321. The Labute approximate surface area is 69.8 Å². The van der Waals surface area contributed by atoms with Crippen molar-refractivity contribution in [2.45, 2.75) is 32.7 Å². The third kappa shape index (κ3) is 3.21. The molecule has 1 atom stereocenters. The first-order valence-corrected chi connectivity index (χ1v) is 4.56. The molecule has 1 unspecified atom stereocenters. The van der Waals surface area contributed by atoms with E-state index in [1.807, 2.05) is 0 Å². The molecule has 0 saturated carbocycles. The summed E-state index contributed by atoms with van der Waals surface area (Å²) in [6.07, 6.45) is 1.22. The van der Waals surface area contributed by atoms with Crippen LogP contribution in [-0.2, 0) is 0 Å². The fraction of sp³-hybridized carbons (Fsp3) is 1.00. The Hall–Kier alpha value is -0.0800. The lowest BCUT2D eigenvalue weighted by atomic mass is 9.98. The summed E-state index contributed by atoms with van der Waals surface area (Å²) in [7, 11) is 0. The Bertz CT molecular complexity index is 121. The van der Waals surface area contributed by atoms with E-state index in [4.69, 9.17) is 0 Å². The number of hydrogen-bond donors (Lipinski definition) is 2. The first-order chi connectivity index (χ1) is 5.10. The van der Waals surface area contributed by atoms with E-state index >= 15 is 0 Å². The van der Waals surface area contributed by atoms with Crippen LogP contribution in [0.2, 0.25) is 0 Å². The summed E-state index contributed by atoms with van der Waals surface area (Å²) in [6.45, 7) is 10.3. The maximum atomic E-state index is 3.57. The standard InChI is InChI=1S/C9H20N2/c1-8-6-10-5-4-9(2,3)11-7-8/h8,10-11H,4-7H2,1-3H3. The van der Waals surface area contributed by atoms with Gasteiger partial charge in [0, 0.05) is 5.54 Å². The van der Waals surface area contributed by atoms with E-state index in [1.54, 1.807) is 0 Å². The van der Waals surface area contributed by atoms with Gasteiger partial charge in [-0.15, -0.1) is 0 Å². The smallest absolute Gasteiger partial charge is 0.0137 e. The van der Waals surface area contributed by atoms with Crippen LogP contribution in [0.3, 0.4) is 0 Å². The van der Waals surface area contributed by atoms with E-state index in [2.05, 4.69) is 31.4 Å². The van der Waals surface area contributed by atoms with Crippen molar-refractivity contribution in [1.82, 2.24) is 10.6 Å². The van der Waals surface area contributed by atoms with Crippen LogP contribution in [0.15, 0.2) is 0 Å². The third-order valence-corrected chi connectivity index (χ3v) is 2.35. The van der Waals surface area contributed by atoms with Crippen LogP contribution in [-0.4, -0.2) is 25.2 Å². The summed E-state index contributed by atoms with van der Waals surface area (Å²) in [6, 6.07) is 0. The van der Waals surface area contributed by atoms with Crippen molar-refractivity contribution in [3.8, 4) is 0 Å². The molecule has 2 nitrogen and oxygen atoms in total. The summed E-state index contributed by atoms with van der Waals surface area (Å²) in [5.74, 6) is 0.759. The van der Waals surface area contributed by atoms with Gasteiger partial charge in [0.1, 0.15) is 0 Å². The maximum absolute atomic E-state index is 3.57. The summed E-state index contributed by atoms with van der Waals surface area (Å²) in [4.78, 5) is 0. The molecule has 0 aromatic rings.